The summed E-state index contributed by atoms with van der Waals surface area (Å²) in [5, 5.41) is 9.54. The van der Waals surface area contributed by atoms with Gasteiger partial charge in [-0.05, 0) is 12.5 Å². The molecule has 0 heterocycles. The van der Waals surface area contributed by atoms with Crippen LogP contribution in [0.5, 0.6) is 0 Å². The van der Waals surface area contributed by atoms with Crippen LogP contribution < -0.4 is 0 Å². The first kappa shape index (κ1) is 16.6. The molecule has 5 heteroatoms. The Hall–Kier alpha value is -1.43. The van der Waals surface area contributed by atoms with Gasteiger partial charge in [-0.25, -0.2) is 0 Å². The highest BCUT2D eigenvalue weighted by Gasteiger charge is 2.26. The van der Waals surface area contributed by atoms with Gasteiger partial charge in [-0.3, -0.25) is 9.69 Å². The maximum Gasteiger partial charge on any atom is 0.325 e. The van der Waals surface area contributed by atoms with Crippen LogP contribution in [0, 0.1) is 6.92 Å². The van der Waals surface area contributed by atoms with Crippen molar-refractivity contribution in [2.45, 2.75) is 13.0 Å². The molecule has 0 aliphatic rings. The first-order valence-electron chi connectivity index (χ1n) is 6.61. The fourth-order valence-corrected chi connectivity index (χ4v) is 2.05. The molecule has 0 saturated carbocycles. The summed E-state index contributed by atoms with van der Waals surface area (Å²) in [5.74, 6) is -0.860. The van der Waals surface area contributed by atoms with E-state index >= 15 is 0 Å². The highest BCUT2D eigenvalue weighted by molar-refractivity contribution is 5.75. The molecule has 1 atom stereocenters. The van der Waals surface area contributed by atoms with E-state index in [-0.39, 0.29) is 0 Å². The van der Waals surface area contributed by atoms with Gasteiger partial charge in [0, 0.05) is 27.3 Å². The maximum absolute atomic E-state index is 11.6. The third-order valence-electron chi connectivity index (χ3n) is 3.16. The van der Waals surface area contributed by atoms with Crippen LogP contribution >= 0.6 is 0 Å². The molecule has 0 saturated heterocycles. The number of hydrogen-bond donors (Lipinski definition) is 1. The number of methoxy groups -OCH3 is 2. The number of ether oxygens (including phenoxy) is 2. The normalized spacial score (nSPS) is 12.6. The number of benzene rings is 1. The zero-order chi connectivity index (χ0) is 15.0. The van der Waals surface area contributed by atoms with Crippen LogP contribution in [0.3, 0.4) is 0 Å². The quantitative estimate of drug-likeness (QED) is 0.747. The summed E-state index contributed by atoms with van der Waals surface area (Å²) >= 11 is 0. The number of nitrogens with zero attached hydrogens (tertiary/aromatic N) is 1. The minimum absolute atomic E-state index is 0.485. The van der Waals surface area contributed by atoms with E-state index < -0.39 is 12.0 Å². The van der Waals surface area contributed by atoms with E-state index in [1.807, 2.05) is 36.1 Å². The van der Waals surface area contributed by atoms with Crippen molar-refractivity contribution in [1.29, 1.82) is 0 Å². The van der Waals surface area contributed by atoms with Gasteiger partial charge in [0.25, 0.3) is 0 Å². The standard InChI is InChI=1S/C15H23NO4/c1-12-4-6-13(7-5-12)14(15(17)18)16(8-10-19-2)9-11-20-3/h4-7,14H,8-11H2,1-3H3,(H,17,18). The summed E-state index contributed by atoms with van der Waals surface area (Å²) in [7, 11) is 3.21. The van der Waals surface area contributed by atoms with Gasteiger partial charge in [0.1, 0.15) is 6.04 Å². The van der Waals surface area contributed by atoms with Crippen molar-refractivity contribution in [2.75, 3.05) is 40.5 Å². The van der Waals surface area contributed by atoms with Crippen molar-refractivity contribution in [1.82, 2.24) is 4.90 Å². The summed E-state index contributed by atoms with van der Waals surface area (Å²) in [6, 6.07) is 6.90. The molecule has 0 fully saturated rings. The van der Waals surface area contributed by atoms with Crippen LogP contribution in [0.15, 0.2) is 24.3 Å². The highest BCUT2D eigenvalue weighted by Crippen LogP contribution is 2.21. The third-order valence-corrected chi connectivity index (χ3v) is 3.16. The Morgan fingerprint density at radius 3 is 2.05 bits per heavy atom. The number of aryl methyl sites for hydroxylation is 1. The van der Waals surface area contributed by atoms with E-state index in [0.29, 0.717) is 26.3 Å². The molecule has 0 aromatic heterocycles. The van der Waals surface area contributed by atoms with Crippen LogP contribution in [0.1, 0.15) is 17.2 Å². The third kappa shape index (κ3) is 4.92. The molecule has 1 unspecified atom stereocenters. The number of carboxylic acid groups (broad SMARTS) is 1. The lowest BCUT2D eigenvalue weighted by atomic mass is 10.0. The number of hydrogen-bond acceptors (Lipinski definition) is 4. The second kappa shape index (κ2) is 8.68. The van der Waals surface area contributed by atoms with Gasteiger partial charge < -0.3 is 14.6 Å². The second-order valence-electron chi connectivity index (χ2n) is 4.67. The average molecular weight is 281 g/mol. The molecule has 0 bridgehead atoms. The van der Waals surface area contributed by atoms with Crippen molar-refractivity contribution >= 4 is 5.97 Å². The van der Waals surface area contributed by atoms with E-state index in [0.717, 1.165) is 11.1 Å². The Morgan fingerprint density at radius 2 is 1.65 bits per heavy atom. The van der Waals surface area contributed by atoms with E-state index in [9.17, 15) is 9.90 Å². The largest absolute Gasteiger partial charge is 0.480 e. The van der Waals surface area contributed by atoms with E-state index in [1.165, 1.54) is 0 Å². The molecule has 1 rings (SSSR count). The summed E-state index contributed by atoms with van der Waals surface area (Å²) in [4.78, 5) is 13.5. The van der Waals surface area contributed by atoms with Crippen LogP contribution in [-0.2, 0) is 14.3 Å². The van der Waals surface area contributed by atoms with Crippen molar-refractivity contribution in [3.63, 3.8) is 0 Å². The lowest BCUT2D eigenvalue weighted by molar-refractivity contribution is -0.144. The molecule has 0 spiro atoms. The Balaban J connectivity index is 2.93. The molecule has 1 aromatic rings. The number of aliphatic carboxylic acids is 1. The maximum atomic E-state index is 11.6. The minimum atomic E-state index is -0.860. The topological polar surface area (TPSA) is 59.0 Å². The highest BCUT2D eigenvalue weighted by atomic mass is 16.5. The minimum Gasteiger partial charge on any atom is -0.480 e. The van der Waals surface area contributed by atoms with Gasteiger partial charge in [0.05, 0.1) is 13.2 Å². The molecular formula is C15H23NO4. The SMILES string of the molecule is COCCN(CCOC)C(C(=O)O)c1ccc(C)cc1. The van der Waals surface area contributed by atoms with Gasteiger partial charge in [0.15, 0.2) is 0 Å². The summed E-state index contributed by atoms with van der Waals surface area (Å²) in [5.41, 5.74) is 1.88. The van der Waals surface area contributed by atoms with Gasteiger partial charge in [0.2, 0.25) is 0 Å². The summed E-state index contributed by atoms with van der Waals surface area (Å²) in [6.45, 7) is 4.04. The van der Waals surface area contributed by atoms with Gasteiger partial charge in [-0.1, -0.05) is 29.8 Å². The number of rotatable bonds is 9. The molecule has 5 nitrogen and oxygen atoms in total. The molecule has 1 aromatic carbocycles. The monoisotopic (exact) mass is 281 g/mol. The zero-order valence-corrected chi connectivity index (χ0v) is 12.3. The van der Waals surface area contributed by atoms with Crippen LogP contribution in [-0.4, -0.2) is 56.5 Å². The second-order valence-corrected chi connectivity index (χ2v) is 4.67. The molecule has 0 aliphatic heterocycles. The van der Waals surface area contributed by atoms with Crippen LogP contribution in [0.4, 0.5) is 0 Å². The van der Waals surface area contributed by atoms with Crippen molar-refractivity contribution in [2.24, 2.45) is 0 Å². The molecular weight excluding hydrogens is 258 g/mol. The lowest BCUT2D eigenvalue weighted by Gasteiger charge is -2.28. The first-order valence-corrected chi connectivity index (χ1v) is 6.61. The Bertz CT molecular complexity index is 397. The smallest absolute Gasteiger partial charge is 0.325 e. The lowest BCUT2D eigenvalue weighted by Crippen LogP contribution is -2.38. The predicted molar refractivity (Wildman–Crippen MR) is 76.9 cm³/mol. The fourth-order valence-electron chi connectivity index (χ4n) is 2.05. The van der Waals surface area contributed by atoms with E-state index in [4.69, 9.17) is 9.47 Å². The molecule has 0 radical (unpaired) electrons. The first-order chi connectivity index (χ1) is 9.60. The van der Waals surface area contributed by atoms with Gasteiger partial charge in [-0.15, -0.1) is 0 Å². The van der Waals surface area contributed by atoms with E-state index in [2.05, 4.69) is 0 Å². The fraction of sp³-hybridized carbons (Fsp3) is 0.533. The van der Waals surface area contributed by atoms with E-state index in [1.54, 1.807) is 14.2 Å². The number of carbonyl (C=O) groups is 1. The molecule has 20 heavy (non-hydrogen) atoms. The summed E-state index contributed by atoms with van der Waals surface area (Å²) < 4.78 is 10.1. The van der Waals surface area contributed by atoms with Gasteiger partial charge in [-0.2, -0.15) is 0 Å². The summed E-state index contributed by atoms with van der Waals surface area (Å²) in [6.07, 6.45) is 0. The Morgan fingerprint density at radius 1 is 1.15 bits per heavy atom. The molecule has 1 N–H and O–H groups in total. The predicted octanol–water partition coefficient (Wildman–Crippen LogP) is 1.72. The van der Waals surface area contributed by atoms with Crippen molar-refractivity contribution in [3.05, 3.63) is 35.4 Å². The Labute approximate surface area is 120 Å². The molecule has 0 amide bonds. The molecule has 112 valence electrons. The number of carboxylic acids is 1. The van der Waals surface area contributed by atoms with Crippen LogP contribution in [0.25, 0.3) is 0 Å². The molecule has 0 aliphatic carbocycles. The zero-order valence-electron chi connectivity index (χ0n) is 12.3. The van der Waals surface area contributed by atoms with Crippen molar-refractivity contribution in [3.8, 4) is 0 Å². The Kier molecular flexibility index (Phi) is 7.22. The average Bonchev–Trinajstić information content (AvgIpc) is 2.43. The van der Waals surface area contributed by atoms with Gasteiger partial charge >= 0.3 is 5.97 Å². The van der Waals surface area contributed by atoms with Crippen molar-refractivity contribution < 1.29 is 19.4 Å². The van der Waals surface area contributed by atoms with Crippen LogP contribution in [0.2, 0.25) is 0 Å².